The Morgan fingerprint density at radius 2 is 2.11 bits per heavy atom. The zero-order valence-corrected chi connectivity index (χ0v) is 16.0. The van der Waals surface area contributed by atoms with E-state index in [0.29, 0.717) is 13.0 Å². The van der Waals surface area contributed by atoms with Crippen LogP contribution in [0.2, 0.25) is 0 Å². The maximum absolute atomic E-state index is 12.8. The first-order valence-electron chi connectivity index (χ1n) is 9.08. The van der Waals surface area contributed by atoms with E-state index in [2.05, 4.69) is 13.2 Å². The van der Waals surface area contributed by atoms with Crippen LogP contribution < -0.4 is 0 Å². The summed E-state index contributed by atoms with van der Waals surface area (Å²) in [6.07, 6.45) is 1.62. The van der Waals surface area contributed by atoms with Crippen molar-refractivity contribution < 1.29 is 24.1 Å². The molecule has 6 nitrogen and oxygen atoms in total. The monoisotopic (exact) mass is 375 g/mol. The molecule has 27 heavy (non-hydrogen) atoms. The normalized spacial score (nSPS) is 22.5. The third kappa shape index (κ3) is 5.92. The molecule has 6 heteroatoms. The highest BCUT2D eigenvalue weighted by molar-refractivity contribution is 5.68. The van der Waals surface area contributed by atoms with E-state index in [1.54, 1.807) is 19.9 Å². The smallest absolute Gasteiger partial charge is 0.410 e. The second-order valence-electron chi connectivity index (χ2n) is 6.90. The number of aliphatic hydroxyl groups is 1. The summed E-state index contributed by atoms with van der Waals surface area (Å²) in [5, 5.41) is 10.4. The van der Waals surface area contributed by atoms with Gasteiger partial charge in [0, 0.05) is 6.54 Å². The molecule has 1 N–H and O–H groups in total. The number of carbonyl (C=O) groups excluding carboxylic acids is 1. The second-order valence-corrected chi connectivity index (χ2v) is 6.90. The highest BCUT2D eigenvalue weighted by Gasteiger charge is 2.44. The van der Waals surface area contributed by atoms with E-state index in [0.717, 1.165) is 5.56 Å². The second kappa shape index (κ2) is 9.69. The minimum Gasteiger partial charge on any atom is -0.445 e. The lowest BCUT2D eigenvalue weighted by atomic mass is 10.0. The molecular formula is C21H29NO5. The zero-order chi connectivity index (χ0) is 19.9. The Balaban J connectivity index is 2.15. The van der Waals surface area contributed by atoms with Gasteiger partial charge in [-0.25, -0.2) is 4.79 Å². The minimum atomic E-state index is -0.939. The number of amides is 1. The van der Waals surface area contributed by atoms with Crippen molar-refractivity contribution in [3.05, 3.63) is 61.2 Å². The highest BCUT2D eigenvalue weighted by atomic mass is 16.7. The van der Waals surface area contributed by atoms with Crippen LogP contribution in [0, 0.1) is 0 Å². The van der Waals surface area contributed by atoms with Gasteiger partial charge in [0.2, 0.25) is 0 Å². The van der Waals surface area contributed by atoms with Crippen LogP contribution in [0.5, 0.6) is 0 Å². The van der Waals surface area contributed by atoms with Gasteiger partial charge in [-0.2, -0.15) is 0 Å². The SMILES string of the molecule is C=CCCN(C(=O)OCc1ccccc1)[C@@H]1COC(C)(C)O[C@H]1[C@H](O)C=C. The molecule has 0 aromatic heterocycles. The van der Waals surface area contributed by atoms with Crippen molar-refractivity contribution in [1.29, 1.82) is 0 Å². The minimum absolute atomic E-state index is 0.166. The molecule has 1 amide bonds. The summed E-state index contributed by atoms with van der Waals surface area (Å²) >= 11 is 0. The summed E-state index contributed by atoms with van der Waals surface area (Å²) in [5.74, 6) is -0.858. The van der Waals surface area contributed by atoms with Gasteiger partial charge in [0.05, 0.1) is 12.6 Å². The lowest BCUT2D eigenvalue weighted by Gasteiger charge is -2.46. The Kier molecular flexibility index (Phi) is 7.59. The number of hydrogen-bond acceptors (Lipinski definition) is 5. The van der Waals surface area contributed by atoms with Gasteiger partial charge < -0.3 is 19.3 Å². The molecule has 0 saturated carbocycles. The van der Waals surface area contributed by atoms with Crippen LogP contribution in [-0.2, 0) is 20.8 Å². The first-order valence-corrected chi connectivity index (χ1v) is 9.08. The standard InChI is InChI=1S/C21H29NO5/c1-5-7-13-22(20(24)25-14-16-11-9-8-10-12-16)17-15-26-21(3,4)27-19(17)18(23)6-2/h5-6,8-12,17-19,23H,1-2,7,13-15H2,3-4H3/t17-,18-,19-/m1/s1. The lowest BCUT2D eigenvalue weighted by Crippen LogP contribution is -2.61. The average Bonchev–Trinajstić information content (AvgIpc) is 2.67. The maximum atomic E-state index is 12.8. The molecule has 1 aromatic rings. The number of nitrogens with zero attached hydrogens (tertiary/aromatic N) is 1. The van der Waals surface area contributed by atoms with Crippen molar-refractivity contribution in [3.8, 4) is 0 Å². The molecule has 1 fully saturated rings. The van der Waals surface area contributed by atoms with Crippen LogP contribution in [0.15, 0.2) is 55.6 Å². The Bertz CT molecular complexity index is 631. The van der Waals surface area contributed by atoms with Gasteiger partial charge in [-0.1, -0.05) is 42.5 Å². The molecule has 1 aliphatic rings. The third-order valence-electron chi connectivity index (χ3n) is 4.39. The van der Waals surface area contributed by atoms with Gasteiger partial charge in [0.1, 0.15) is 18.8 Å². The maximum Gasteiger partial charge on any atom is 0.410 e. The molecule has 148 valence electrons. The van der Waals surface area contributed by atoms with E-state index < -0.39 is 30.1 Å². The number of ether oxygens (including phenoxy) is 3. The van der Waals surface area contributed by atoms with Crippen molar-refractivity contribution in [2.75, 3.05) is 13.2 Å². The first-order chi connectivity index (χ1) is 12.9. The molecule has 1 aromatic carbocycles. The van der Waals surface area contributed by atoms with Crippen molar-refractivity contribution in [3.63, 3.8) is 0 Å². The van der Waals surface area contributed by atoms with Gasteiger partial charge in [-0.15, -0.1) is 13.2 Å². The van der Waals surface area contributed by atoms with E-state index in [1.165, 1.54) is 11.0 Å². The average molecular weight is 375 g/mol. The Morgan fingerprint density at radius 1 is 1.41 bits per heavy atom. The molecule has 0 aliphatic carbocycles. The Hall–Kier alpha value is -2.15. The summed E-state index contributed by atoms with van der Waals surface area (Å²) in [6, 6.07) is 8.96. The predicted molar refractivity (Wildman–Crippen MR) is 103 cm³/mol. The van der Waals surface area contributed by atoms with Gasteiger partial charge in [0.25, 0.3) is 0 Å². The summed E-state index contributed by atoms with van der Waals surface area (Å²) in [4.78, 5) is 14.3. The fourth-order valence-corrected chi connectivity index (χ4v) is 2.95. The van der Waals surface area contributed by atoms with Crippen LogP contribution in [0.3, 0.4) is 0 Å². The van der Waals surface area contributed by atoms with Crippen molar-refractivity contribution in [1.82, 2.24) is 4.90 Å². The molecule has 1 saturated heterocycles. The van der Waals surface area contributed by atoms with Gasteiger partial charge in [0.15, 0.2) is 5.79 Å². The van der Waals surface area contributed by atoms with Crippen LogP contribution in [-0.4, -0.2) is 53.3 Å². The summed E-state index contributed by atoms with van der Waals surface area (Å²) in [6.45, 7) is 11.7. The Morgan fingerprint density at radius 3 is 2.74 bits per heavy atom. The van der Waals surface area contributed by atoms with Gasteiger partial charge in [-0.05, 0) is 25.8 Å². The van der Waals surface area contributed by atoms with E-state index in [9.17, 15) is 9.90 Å². The summed E-state index contributed by atoms with van der Waals surface area (Å²) < 4.78 is 17.1. The van der Waals surface area contributed by atoms with Crippen LogP contribution in [0.1, 0.15) is 25.8 Å². The van der Waals surface area contributed by atoms with Crippen molar-refractivity contribution in [2.24, 2.45) is 0 Å². The fraction of sp³-hybridized carbons (Fsp3) is 0.476. The van der Waals surface area contributed by atoms with E-state index in [4.69, 9.17) is 14.2 Å². The molecule has 3 atom stereocenters. The summed E-state index contributed by atoms with van der Waals surface area (Å²) in [5.41, 5.74) is 0.898. The molecule has 0 bridgehead atoms. The number of carbonyl (C=O) groups is 1. The number of rotatable bonds is 8. The Labute approximate surface area is 161 Å². The summed E-state index contributed by atoms with van der Waals surface area (Å²) in [7, 11) is 0. The fourth-order valence-electron chi connectivity index (χ4n) is 2.95. The predicted octanol–water partition coefficient (Wildman–Crippen LogP) is 3.27. The van der Waals surface area contributed by atoms with Crippen LogP contribution >= 0.6 is 0 Å². The molecule has 0 unspecified atom stereocenters. The van der Waals surface area contributed by atoms with Gasteiger partial charge in [-0.3, -0.25) is 4.90 Å². The van der Waals surface area contributed by atoms with E-state index >= 15 is 0 Å². The molecule has 1 aliphatic heterocycles. The largest absolute Gasteiger partial charge is 0.445 e. The van der Waals surface area contributed by atoms with Crippen molar-refractivity contribution in [2.45, 2.75) is 50.9 Å². The number of aliphatic hydroxyl groups excluding tert-OH is 1. The molecule has 2 rings (SSSR count). The molecule has 1 heterocycles. The first kappa shape index (κ1) is 21.2. The molecule has 0 radical (unpaired) electrons. The molecular weight excluding hydrogens is 346 g/mol. The quantitative estimate of drug-likeness (QED) is 0.707. The lowest BCUT2D eigenvalue weighted by molar-refractivity contribution is -0.302. The van der Waals surface area contributed by atoms with Gasteiger partial charge >= 0.3 is 6.09 Å². The van der Waals surface area contributed by atoms with E-state index in [1.807, 2.05) is 30.3 Å². The van der Waals surface area contributed by atoms with E-state index in [-0.39, 0.29) is 13.2 Å². The molecule has 0 spiro atoms. The van der Waals surface area contributed by atoms with Crippen molar-refractivity contribution >= 4 is 6.09 Å². The topological polar surface area (TPSA) is 68.2 Å². The zero-order valence-electron chi connectivity index (χ0n) is 16.0. The van der Waals surface area contributed by atoms with Crippen LogP contribution in [0.25, 0.3) is 0 Å². The number of hydrogen-bond donors (Lipinski definition) is 1. The number of benzene rings is 1. The third-order valence-corrected chi connectivity index (χ3v) is 4.39. The van der Waals surface area contributed by atoms with Crippen LogP contribution in [0.4, 0.5) is 4.79 Å². The highest BCUT2D eigenvalue weighted by Crippen LogP contribution is 2.28.